The molecule has 0 aromatic heterocycles. The van der Waals surface area contributed by atoms with Crippen LogP contribution < -0.4 is 10.6 Å². The molecular weight excluding hydrogens is 271 g/mol. The predicted octanol–water partition coefficient (Wildman–Crippen LogP) is 2.53. The van der Waals surface area contributed by atoms with Crippen molar-refractivity contribution in [3.8, 4) is 5.75 Å². The molecule has 4 nitrogen and oxygen atoms in total. The highest BCUT2D eigenvalue weighted by molar-refractivity contribution is 6.08. The number of amides is 1. The van der Waals surface area contributed by atoms with Crippen molar-refractivity contribution >= 4 is 11.6 Å². The van der Waals surface area contributed by atoms with Crippen molar-refractivity contribution < 1.29 is 14.3 Å². The molecule has 0 bridgehead atoms. The number of carbonyl (C=O) groups excluding carboxylic acids is 1. The lowest BCUT2D eigenvalue weighted by molar-refractivity contribution is 0.0980. The highest BCUT2D eigenvalue weighted by Crippen LogP contribution is 2.24. The number of nitrogens with two attached hydrogens (primary N) is 1. The van der Waals surface area contributed by atoms with E-state index in [1.807, 2.05) is 6.07 Å². The second kappa shape index (κ2) is 6.85. The number of halogens is 1. The Morgan fingerprint density at radius 3 is 2.48 bits per heavy atom. The Bertz CT molecular complexity index is 597. The van der Waals surface area contributed by atoms with Gasteiger partial charge in [0.05, 0.1) is 0 Å². The van der Waals surface area contributed by atoms with E-state index in [9.17, 15) is 14.3 Å². The largest absolute Gasteiger partial charge is 0.507 e. The molecule has 0 heterocycles. The van der Waals surface area contributed by atoms with Gasteiger partial charge < -0.3 is 15.7 Å². The van der Waals surface area contributed by atoms with Crippen LogP contribution in [0.5, 0.6) is 5.75 Å². The second-order valence-electron chi connectivity index (χ2n) is 4.57. The molecule has 0 spiro atoms. The Morgan fingerprint density at radius 2 is 1.86 bits per heavy atom. The first-order valence-corrected chi connectivity index (χ1v) is 6.69. The summed E-state index contributed by atoms with van der Waals surface area (Å²) in [5.74, 6) is -1.69. The number of anilines is 1. The number of benzene rings is 2. The van der Waals surface area contributed by atoms with E-state index in [2.05, 4.69) is 0 Å². The van der Waals surface area contributed by atoms with Crippen LogP contribution in [0.4, 0.5) is 10.1 Å². The molecule has 0 saturated heterocycles. The van der Waals surface area contributed by atoms with Gasteiger partial charge in [-0.3, -0.25) is 4.79 Å². The van der Waals surface area contributed by atoms with Gasteiger partial charge in [0, 0.05) is 12.2 Å². The van der Waals surface area contributed by atoms with E-state index >= 15 is 0 Å². The molecule has 21 heavy (non-hydrogen) atoms. The maximum Gasteiger partial charge on any atom is 0.265 e. The highest BCUT2D eigenvalue weighted by Gasteiger charge is 2.23. The lowest BCUT2D eigenvalue weighted by Crippen LogP contribution is -2.33. The van der Waals surface area contributed by atoms with E-state index in [-0.39, 0.29) is 11.3 Å². The van der Waals surface area contributed by atoms with Crippen molar-refractivity contribution in [1.82, 2.24) is 0 Å². The number of hydrogen-bond donors (Lipinski definition) is 2. The fourth-order valence-corrected chi connectivity index (χ4v) is 2.06. The molecule has 0 aliphatic heterocycles. The Morgan fingerprint density at radius 1 is 1.14 bits per heavy atom. The van der Waals surface area contributed by atoms with Gasteiger partial charge in [0.15, 0.2) is 0 Å². The second-order valence-corrected chi connectivity index (χ2v) is 4.57. The van der Waals surface area contributed by atoms with Crippen LogP contribution >= 0.6 is 0 Å². The molecule has 0 unspecified atom stereocenters. The Balaban J connectivity index is 2.39. The third-order valence-corrected chi connectivity index (χ3v) is 3.10. The topological polar surface area (TPSA) is 66.6 Å². The summed E-state index contributed by atoms with van der Waals surface area (Å²) in [6, 6.07) is 12.7. The van der Waals surface area contributed by atoms with Gasteiger partial charge in [0.2, 0.25) is 0 Å². The third-order valence-electron chi connectivity index (χ3n) is 3.10. The molecule has 2 aromatic carbocycles. The maximum atomic E-state index is 13.9. The molecule has 1 amide bonds. The van der Waals surface area contributed by atoms with Gasteiger partial charge in [-0.25, -0.2) is 4.39 Å². The van der Waals surface area contributed by atoms with Crippen molar-refractivity contribution in [2.75, 3.05) is 18.0 Å². The van der Waals surface area contributed by atoms with E-state index in [1.54, 1.807) is 24.3 Å². The van der Waals surface area contributed by atoms with E-state index in [1.165, 1.54) is 17.0 Å². The van der Waals surface area contributed by atoms with Gasteiger partial charge in [-0.1, -0.05) is 24.3 Å². The predicted molar refractivity (Wildman–Crippen MR) is 79.9 cm³/mol. The summed E-state index contributed by atoms with van der Waals surface area (Å²) in [7, 11) is 0. The van der Waals surface area contributed by atoms with Gasteiger partial charge in [0.1, 0.15) is 17.1 Å². The minimum atomic E-state index is -0.742. The molecule has 0 aliphatic rings. The van der Waals surface area contributed by atoms with Crippen LogP contribution in [0, 0.1) is 5.82 Å². The third kappa shape index (κ3) is 3.38. The van der Waals surface area contributed by atoms with E-state index in [0.29, 0.717) is 25.2 Å². The van der Waals surface area contributed by atoms with Crippen LogP contribution in [-0.4, -0.2) is 24.1 Å². The smallest absolute Gasteiger partial charge is 0.265 e. The van der Waals surface area contributed by atoms with Crippen LogP contribution in [0.25, 0.3) is 0 Å². The highest BCUT2D eigenvalue weighted by atomic mass is 19.1. The Hall–Kier alpha value is -2.40. The number of carbonyl (C=O) groups is 1. The number of phenols is 1. The molecule has 0 aliphatic carbocycles. The number of hydrogen-bond acceptors (Lipinski definition) is 3. The van der Waals surface area contributed by atoms with Crippen molar-refractivity contribution in [2.45, 2.75) is 6.42 Å². The van der Waals surface area contributed by atoms with Gasteiger partial charge in [-0.15, -0.1) is 0 Å². The summed E-state index contributed by atoms with van der Waals surface area (Å²) in [4.78, 5) is 14.0. The lowest BCUT2D eigenvalue weighted by Gasteiger charge is -2.23. The summed E-state index contributed by atoms with van der Waals surface area (Å²) in [6.45, 7) is 0.771. The zero-order valence-corrected chi connectivity index (χ0v) is 11.5. The molecule has 3 N–H and O–H groups in total. The van der Waals surface area contributed by atoms with Crippen molar-refractivity contribution in [3.63, 3.8) is 0 Å². The molecule has 2 aromatic rings. The van der Waals surface area contributed by atoms with Gasteiger partial charge in [-0.2, -0.15) is 0 Å². The monoisotopic (exact) mass is 288 g/mol. The SMILES string of the molecule is NCCCN(C(=O)c1c(O)cccc1F)c1ccccc1. The fraction of sp³-hybridized carbons (Fsp3) is 0.188. The van der Waals surface area contributed by atoms with Gasteiger partial charge in [0.25, 0.3) is 5.91 Å². The number of para-hydroxylation sites is 1. The molecular formula is C16H17FN2O2. The molecule has 0 atom stereocenters. The zero-order valence-electron chi connectivity index (χ0n) is 11.5. The number of aromatic hydroxyl groups is 1. The normalized spacial score (nSPS) is 10.4. The van der Waals surface area contributed by atoms with Crippen molar-refractivity contribution in [3.05, 3.63) is 59.9 Å². The summed E-state index contributed by atoms with van der Waals surface area (Å²) in [6.07, 6.45) is 0.579. The molecule has 0 fully saturated rings. The summed E-state index contributed by atoms with van der Waals surface area (Å²) in [5.41, 5.74) is 5.81. The first-order chi connectivity index (χ1) is 10.1. The summed E-state index contributed by atoms with van der Waals surface area (Å²) in [5, 5.41) is 9.77. The quantitative estimate of drug-likeness (QED) is 0.888. The summed E-state index contributed by atoms with van der Waals surface area (Å²) >= 11 is 0. The molecule has 2 rings (SSSR count). The summed E-state index contributed by atoms with van der Waals surface area (Å²) < 4.78 is 13.9. The number of phenolic OH excluding ortho intramolecular Hbond substituents is 1. The molecule has 0 saturated carbocycles. The van der Waals surface area contributed by atoms with Crippen LogP contribution in [-0.2, 0) is 0 Å². The molecule has 0 radical (unpaired) electrons. The first-order valence-electron chi connectivity index (χ1n) is 6.69. The van der Waals surface area contributed by atoms with Gasteiger partial charge >= 0.3 is 0 Å². The standard InChI is InChI=1S/C16H17FN2O2/c17-13-8-4-9-14(20)15(13)16(21)19(11-5-10-18)12-6-2-1-3-7-12/h1-4,6-9,20H,5,10-11,18H2. The average Bonchev–Trinajstić information content (AvgIpc) is 2.48. The Kier molecular flexibility index (Phi) is 4.90. The fourth-order valence-electron chi connectivity index (χ4n) is 2.06. The average molecular weight is 288 g/mol. The van der Waals surface area contributed by atoms with Gasteiger partial charge in [-0.05, 0) is 37.2 Å². The van der Waals surface area contributed by atoms with Crippen molar-refractivity contribution in [1.29, 1.82) is 0 Å². The van der Waals surface area contributed by atoms with E-state index in [0.717, 1.165) is 6.07 Å². The van der Waals surface area contributed by atoms with Crippen LogP contribution in [0.1, 0.15) is 16.8 Å². The molecule has 110 valence electrons. The van der Waals surface area contributed by atoms with Crippen LogP contribution in [0.15, 0.2) is 48.5 Å². The zero-order chi connectivity index (χ0) is 15.2. The minimum absolute atomic E-state index is 0.321. The first kappa shape index (κ1) is 15.0. The van der Waals surface area contributed by atoms with E-state index < -0.39 is 11.7 Å². The Labute approximate surface area is 122 Å². The van der Waals surface area contributed by atoms with Crippen LogP contribution in [0.2, 0.25) is 0 Å². The number of nitrogens with zero attached hydrogens (tertiary/aromatic N) is 1. The number of rotatable bonds is 5. The van der Waals surface area contributed by atoms with Crippen molar-refractivity contribution in [2.24, 2.45) is 5.73 Å². The van der Waals surface area contributed by atoms with E-state index in [4.69, 9.17) is 5.73 Å². The lowest BCUT2D eigenvalue weighted by atomic mass is 10.1. The van der Waals surface area contributed by atoms with Crippen LogP contribution in [0.3, 0.4) is 0 Å². The molecule has 5 heteroatoms. The minimum Gasteiger partial charge on any atom is -0.507 e. The maximum absolute atomic E-state index is 13.9.